The van der Waals surface area contributed by atoms with Gasteiger partial charge in [-0.1, -0.05) is 17.7 Å². The van der Waals surface area contributed by atoms with E-state index in [1.807, 2.05) is 19.9 Å². The lowest BCUT2D eigenvalue weighted by Gasteiger charge is -2.14. The van der Waals surface area contributed by atoms with Crippen LogP contribution in [0.15, 0.2) is 29.8 Å². The number of ether oxygens (including phenoxy) is 2. The molecule has 1 aromatic carbocycles. The van der Waals surface area contributed by atoms with Gasteiger partial charge in [-0.25, -0.2) is 0 Å². The Morgan fingerprint density at radius 3 is 2.52 bits per heavy atom. The Hall–Kier alpha value is -1.19. The van der Waals surface area contributed by atoms with Crippen LogP contribution in [0.4, 0.5) is 0 Å². The van der Waals surface area contributed by atoms with Crippen LogP contribution in [0.1, 0.15) is 51.5 Å². The van der Waals surface area contributed by atoms with Gasteiger partial charge in [0.15, 0.2) is 11.5 Å². The topological polar surface area (TPSA) is 30.5 Å². The van der Waals surface area contributed by atoms with Crippen molar-refractivity contribution >= 4 is 12.4 Å². The van der Waals surface area contributed by atoms with E-state index in [4.69, 9.17) is 9.47 Å². The average Bonchev–Trinajstić information content (AvgIpc) is 2.55. The molecule has 2 rings (SSSR count). The Bertz CT molecular complexity index is 488. The second kappa shape index (κ2) is 11.4. The van der Waals surface area contributed by atoms with E-state index in [1.165, 1.54) is 37.7 Å². The Morgan fingerprint density at radius 2 is 1.83 bits per heavy atom. The molecule has 0 saturated heterocycles. The number of hydrogen-bond acceptors (Lipinski definition) is 3. The maximum absolute atomic E-state index is 5.67. The monoisotopic (exact) mass is 339 g/mol. The fourth-order valence-electron chi connectivity index (χ4n) is 2.82. The second-order valence-electron chi connectivity index (χ2n) is 5.68. The zero-order valence-electron chi connectivity index (χ0n) is 14.4. The molecular weight excluding hydrogens is 310 g/mol. The van der Waals surface area contributed by atoms with E-state index in [0.29, 0.717) is 13.2 Å². The Labute approximate surface area is 146 Å². The summed E-state index contributed by atoms with van der Waals surface area (Å²) in [7, 11) is 0. The van der Waals surface area contributed by atoms with E-state index in [-0.39, 0.29) is 12.4 Å². The first-order valence-electron chi connectivity index (χ1n) is 8.60. The zero-order chi connectivity index (χ0) is 15.6. The average molecular weight is 340 g/mol. The lowest BCUT2D eigenvalue weighted by atomic mass is 9.97. The lowest BCUT2D eigenvalue weighted by molar-refractivity contribution is 0.287. The smallest absolute Gasteiger partial charge is 0.161 e. The van der Waals surface area contributed by atoms with E-state index in [0.717, 1.165) is 24.6 Å². The molecule has 130 valence electrons. The number of hydrogen-bond donors (Lipinski definition) is 1. The normalized spacial score (nSPS) is 13.9. The first kappa shape index (κ1) is 19.9. The third-order valence-corrected chi connectivity index (χ3v) is 3.94. The molecule has 0 aliphatic heterocycles. The van der Waals surface area contributed by atoms with Crippen LogP contribution in [0.3, 0.4) is 0 Å². The van der Waals surface area contributed by atoms with Crippen LogP contribution in [0.25, 0.3) is 0 Å². The van der Waals surface area contributed by atoms with Gasteiger partial charge in [0.05, 0.1) is 13.2 Å². The Kier molecular flexibility index (Phi) is 9.81. The van der Waals surface area contributed by atoms with E-state index in [9.17, 15) is 0 Å². The van der Waals surface area contributed by atoms with Crippen molar-refractivity contribution in [2.75, 3.05) is 19.8 Å². The number of allylic oxidation sites excluding steroid dienone is 1. The molecule has 0 aromatic heterocycles. The number of nitrogens with one attached hydrogen (secondary N) is 1. The summed E-state index contributed by atoms with van der Waals surface area (Å²) in [5.74, 6) is 1.68. The molecule has 0 amide bonds. The molecule has 1 aromatic rings. The Morgan fingerprint density at radius 1 is 1.04 bits per heavy atom. The summed E-state index contributed by atoms with van der Waals surface area (Å²) in [5.41, 5.74) is 2.87. The SMILES string of the molecule is CCOc1ccc(CNCCC2=CCCCC2)cc1OCC.Cl. The van der Waals surface area contributed by atoms with Crippen molar-refractivity contribution in [1.29, 1.82) is 0 Å². The first-order valence-corrected chi connectivity index (χ1v) is 8.60. The summed E-state index contributed by atoms with van der Waals surface area (Å²) in [4.78, 5) is 0. The molecule has 1 aliphatic carbocycles. The maximum Gasteiger partial charge on any atom is 0.161 e. The van der Waals surface area contributed by atoms with Gasteiger partial charge >= 0.3 is 0 Å². The van der Waals surface area contributed by atoms with E-state index in [2.05, 4.69) is 23.5 Å². The van der Waals surface area contributed by atoms with Crippen LogP contribution in [0.2, 0.25) is 0 Å². The minimum Gasteiger partial charge on any atom is -0.490 e. The molecule has 0 fully saturated rings. The standard InChI is InChI=1S/C19H29NO2.ClH/c1-3-21-18-11-10-17(14-19(18)22-4-2)15-20-13-12-16-8-6-5-7-9-16;/h8,10-11,14,20H,3-7,9,12-13,15H2,1-2H3;1H. The molecule has 0 bridgehead atoms. The second-order valence-corrected chi connectivity index (χ2v) is 5.68. The molecule has 1 aliphatic rings. The van der Waals surface area contributed by atoms with Crippen molar-refractivity contribution in [3.8, 4) is 11.5 Å². The first-order chi connectivity index (χ1) is 10.8. The highest BCUT2D eigenvalue weighted by Crippen LogP contribution is 2.28. The summed E-state index contributed by atoms with van der Waals surface area (Å²) < 4.78 is 11.3. The van der Waals surface area contributed by atoms with Crippen molar-refractivity contribution in [3.05, 3.63) is 35.4 Å². The zero-order valence-corrected chi connectivity index (χ0v) is 15.2. The van der Waals surface area contributed by atoms with Crippen LogP contribution in [-0.4, -0.2) is 19.8 Å². The third-order valence-electron chi connectivity index (χ3n) is 3.94. The lowest BCUT2D eigenvalue weighted by Crippen LogP contribution is -2.15. The van der Waals surface area contributed by atoms with Gasteiger partial charge in [0, 0.05) is 6.54 Å². The van der Waals surface area contributed by atoms with Crippen LogP contribution < -0.4 is 14.8 Å². The molecule has 0 spiro atoms. The van der Waals surface area contributed by atoms with Crippen LogP contribution in [-0.2, 0) is 6.54 Å². The molecule has 3 nitrogen and oxygen atoms in total. The van der Waals surface area contributed by atoms with Gasteiger partial charge in [-0.3, -0.25) is 0 Å². The van der Waals surface area contributed by atoms with Crippen molar-refractivity contribution in [1.82, 2.24) is 5.32 Å². The van der Waals surface area contributed by atoms with Crippen LogP contribution in [0.5, 0.6) is 11.5 Å². The van der Waals surface area contributed by atoms with Gasteiger partial charge in [0.25, 0.3) is 0 Å². The fraction of sp³-hybridized carbons (Fsp3) is 0.579. The minimum atomic E-state index is 0. The maximum atomic E-state index is 5.67. The Balaban J connectivity index is 0.00000264. The molecule has 23 heavy (non-hydrogen) atoms. The third kappa shape index (κ3) is 6.84. The summed E-state index contributed by atoms with van der Waals surface area (Å²) in [6, 6.07) is 6.21. The quantitative estimate of drug-likeness (QED) is 0.513. The van der Waals surface area contributed by atoms with Gasteiger partial charge in [-0.05, 0) is 70.2 Å². The molecular formula is C19H30ClNO2. The van der Waals surface area contributed by atoms with Gasteiger partial charge in [-0.2, -0.15) is 0 Å². The molecule has 0 saturated carbocycles. The van der Waals surface area contributed by atoms with E-state index >= 15 is 0 Å². The van der Waals surface area contributed by atoms with Gasteiger partial charge in [0.2, 0.25) is 0 Å². The van der Waals surface area contributed by atoms with Crippen molar-refractivity contribution in [2.24, 2.45) is 0 Å². The highest BCUT2D eigenvalue weighted by Gasteiger charge is 2.06. The predicted octanol–water partition coefficient (Wildman–Crippen LogP) is 4.89. The summed E-state index contributed by atoms with van der Waals surface area (Å²) in [5, 5.41) is 3.53. The largest absolute Gasteiger partial charge is 0.490 e. The molecule has 0 heterocycles. The van der Waals surface area contributed by atoms with Crippen LogP contribution in [0, 0.1) is 0 Å². The van der Waals surface area contributed by atoms with Crippen molar-refractivity contribution in [2.45, 2.75) is 52.5 Å². The van der Waals surface area contributed by atoms with Crippen molar-refractivity contribution in [3.63, 3.8) is 0 Å². The summed E-state index contributed by atoms with van der Waals surface area (Å²) in [6.07, 6.45) is 8.89. The minimum absolute atomic E-state index is 0. The molecule has 0 radical (unpaired) electrons. The highest BCUT2D eigenvalue weighted by atomic mass is 35.5. The molecule has 0 unspecified atom stereocenters. The van der Waals surface area contributed by atoms with Gasteiger partial charge in [0.1, 0.15) is 0 Å². The van der Waals surface area contributed by atoms with Crippen LogP contribution >= 0.6 is 12.4 Å². The number of halogens is 1. The molecule has 0 atom stereocenters. The van der Waals surface area contributed by atoms with E-state index < -0.39 is 0 Å². The number of rotatable bonds is 9. The molecule has 1 N–H and O–H groups in total. The predicted molar refractivity (Wildman–Crippen MR) is 98.9 cm³/mol. The number of benzene rings is 1. The van der Waals surface area contributed by atoms with E-state index in [1.54, 1.807) is 5.57 Å². The highest BCUT2D eigenvalue weighted by molar-refractivity contribution is 5.85. The van der Waals surface area contributed by atoms with Crippen molar-refractivity contribution < 1.29 is 9.47 Å². The summed E-state index contributed by atoms with van der Waals surface area (Å²) >= 11 is 0. The fourth-order valence-corrected chi connectivity index (χ4v) is 2.82. The van der Waals surface area contributed by atoms with Gasteiger partial charge < -0.3 is 14.8 Å². The van der Waals surface area contributed by atoms with Gasteiger partial charge in [-0.15, -0.1) is 12.4 Å². The summed E-state index contributed by atoms with van der Waals surface area (Å²) in [6.45, 7) is 7.23. The molecule has 4 heteroatoms.